The van der Waals surface area contributed by atoms with Crippen molar-refractivity contribution in [2.24, 2.45) is 11.8 Å². The van der Waals surface area contributed by atoms with E-state index in [-0.39, 0.29) is 0 Å². The third kappa shape index (κ3) is 5.87. The Bertz CT molecular complexity index is 197. The van der Waals surface area contributed by atoms with E-state index in [0.29, 0.717) is 6.10 Å². The summed E-state index contributed by atoms with van der Waals surface area (Å²) in [6.07, 6.45) is 5.54. The van der Waals surface area contributed by atoms with Crippen molar-refractivity contribution in [1.82, 2.24) is 4.90 Å². The Morgan fingerprint density at radius 3 is 2.29 bits per heavy atom. The predicted octanol–water partition coefficient (Wildman–Crippen LogP) is 3.56. The lowest BCUT2D eigenvalue weighted by molar-refractivity contribution is -0.0484. The number of hydrogen-bond acceptors (Lipinski definition) is 2. The highest BCUT2D eigenvalue weighted by Gasteiger charge is 2.32. The molecule has 0 unspecified atom stereocenters. The van der Waals surface area contributed by atoms with Crippen LogP contribution in [0.15, 0.2) is 0 Å². The van der Waals surface area contributed by atoms with E-state index >= 15 is 0 Å². The topological polar surface area (TPSA) is 12.5 Å². The molecule has 0 spiro atoms. The molecule has 1 aliphatic rings. The summed E-state index contributed by atoms with van der Waals surface area (Å²) >= 11 is 0. The highest BCUT2D eigenvalue weighted by Crippen LogP contribution is 2.28. The maximum absolute atomic E-state index is 5.89. The highest BCUT2D eigenvalue weighted by molar-refractivity contribution is 4.87. The summed E-state index contributed by atoms with van der Waals surface area (Å²) in [5, 5.41) is 0. The van der Waals surface area contributed by atoms with Gasteiger partial charge in [-0.1, -0.05) is 27.7 Å². The van der Waals surface area contributed by atoms with Gasteiger partial charge in [0.05, 0.1) is 6.10 Å². The molecule has 0 aromatic carbocycles. The molecular formula is C15H31NO. The molecule has 1 fully saturated rings. The van der Waals surface area contributed by atoms with E-state index in [2.05, 4.69) is 39.6 Å². The summed E-state index contributed by atoms with van der Waals surface area (Å²) in [5.41, 5.74) is 0. The monoisotopic (exact) mass is 241 g/mol. The Kier molecular flexibility index (Phi) is 6.50. The second-order valence-corrected chi connectivity index (χ2v) is 6.49. The van der Waals surface area contributed by atoms with Crippen LogP contribution in [0.1, 0.15) is 53.4 Å². The molecule has 0 atom stereocenters. The first kappa shape index (κ1) is 15.0. The fourth-order valence-electron chi connectivity index (χ4n) is 2.50. The Morgan fingerprint density at radius 2 is 1.76 bits per heavy atom. The fraction of sp³-hybridized carbons (Fsp3) is 1.00. The number of ether oxygens (including phenoxy) is 1. The van der Waals surface area contributed by atoms with E-state index in [4.69, 9.17) is 4.74 Å². The molecule has 2 heteroatoms. The zero-order valence-electron chi connectivity index (χ0n) is 12.4. The maximum Gasteiger partial charge on any atom is 0.0605 e. The second-order valence-electron chi connectivity index (χ2n) is 6.49. The third-order valence-electron chi connectivity index (χ3n) is 3.63. The predicted molar refractivity (Wildman–Crippen MR) is 74.3 cm³/mol. The van der Waals surface area contributed by atoms with Gasteiger partial charge in [0.15, 0.2) is 0 Å². The number of hydrogen-bond donors (Lipinski definition) is 0. The highest BCUT2D eigenvalue weighted by atomic mass is 16.5. The summed E-state index contributed by atoms with van der Waals surface area (Å²) in [6, 6.07) is 0.771. The van der Waals surface area contributed by atoms with Gasteiger partial charge in [-0.2, -0.15) is 0 Å². The zero-order valence-corrected chi connectivity index (χ0v) is 12.4. The molecule has 0 amide bonds. The van der Waals surface area contributed by atoms with Crippen LogP contribution in [-0.2, 0) is 4.74 Å². The van der Waals surface area contributed by atoms with Crippen molar-refractivity contribution in [3.8, 4) is 0 Å². The second kappa shape index (κ2) is 7.38. The molecule has 0 aromatic heterocycles. The van der Waals surface area contributed by atoms with Gasteiger partial charge < -0.3 is 9.64 Å². The van der Waals surface area contributed by atoms with Crippen LogP contribution in [-0.4, -0.2) is 37.2 Å². The molecule has 1 saturated carbocycles. The summed E-state index contributed by atoms with van der Waals surface area (Å²) < 4.78 is 5.89. The smallest absolute Gasteiger partial charge is 0.0605 e. The third-order valence-corrected chi connectivity index (χ3v) is 3.63. The van der Waals surface area contributed by atoms with E-state index < -0.39 is 0 Å². The van der Waals surface area contributed by atoms with Crippen molar-refractivity contribution >= 4 is 0 Å². The van der Waals surface area contributed by atoms with Crippen molar-refractivity contribution < 1.29 is 4.74 Å². The molecule has 0 N–H and O–H groups in total. The maximum atomic E-state index is 5.89. The molecule has 1 aliphatic carbocycles. The Labute approximate surface area is 108 Å². The summed E-state index contributed by atoms with van der Waals surface area (Å²) in [5.74, 6) is 1.58. The SMILES string of the molecule is CC(C)CCCOC1CC(N(C)CC(C)C)C1. The van der Waals surface area contributed by atoms with Crippen LogP contribution < -0.4 is 0 Å². The Hall–Kier alpha value is -0.0800. The van der Waals surface area contributed by atoms with Gasteiger partial charge in [-0.05, 0) is 44.6 Å². The van der Waals surface area contributed by atoms with Gasteiger partial charge >= 0.3 is 0 Å². The normalized spacial score (nSPS) is 24.7. The number of nitrogens with zero attached hydrogens (tertiary/aromatic N) is 1. The standard InChI is InChI=1S/C15H31NO/c1-12(2)7-6-8-17-15-9-14(10-15)16(5)11-13(3)4/h12-15H,6-11H2,1-5H3. The lowest BCUT2D eigenvalue weighted by Crippen LogP contribution is -2.47. The quantitative estimate of drug-likeness (QED) is 0.603. The molecule has 2 nitrogen and oxygen atoms in total. The van der Waals surface area contributed by atoms with Crippen LogP contribution >= 0.6 is 0 Å². The van der Waals surface area contributed by atoms with Gasteiger partial charge in [-0.15, -0.1) is 0 Å². The van der Waals surface area contributed by atoms with Crippen LogP contribution in [0.2, 0.25) is 0 Å². The van der Waals surface area contributed by atoms with E-state index in [1.807, 2.05) is 0 Å². The minimum atomic E-state index is 0.543. The molecule has 0 saturated heterocycles. The van der Waals surface area contributed by atoms with Gasteiger partial charge in [0.25, 0.3) is 0 Å². The van der Waals surface area contributed by atoms with Gasteiger partial charge in [0.2, 0.25) is 0 Å². The molecule has 0 aliphatic heterocycles. The van der Waals surface area contributed by atoms with Crippen LogP contribution in [0.4, 0.5) is 0 Å². The molecule has 17 heavy (non-hydrogen) atoms. The molecule has 1 rings (SSSR count). The molecular weight excluding hydrogens is 210 g/mol. The summed E-state index contributed by atoms with van der Waals surface area (Å²) in [4.78, 5) is 2.50. The van der Waals surface area contributed by atoms with Crippen LogP contribution in [0.3, 0.4) is 0 Å². The fourth-order valence-corrected chi connectivity index (χ4v) is 2.50. The van der Waals surface area contributed by atoms with Crippen molar-refractivity contribution in [3.05, 3.63) is 0 Å². The minimum Gasteiger partial charge on any atom is -0.378 e. The molecule has 0 heterocycles. The average molecular weight is 241 g/mol. The Balaban J connectivity index is 1.99. The van der Waals surface area contributed by atoms with E-state index in [1.54, 1.807) is 0 Å². The van der Waals surface area contributed by atoms with Gasteiger partial charge in [0.1, 0.15) is 0 Å². The van der Waals surface area contributed by atoms with Crippen LogP contribution in [0.5, 0.6) is 0 Å². The lowest BCUT2D eigenvalue weighted by atomic mass is 9.87. The first-order chi connectivity index (χ1) is 7.99. The first-order valence-electron chi connectivity index (χ1n) is 7.30. The zero-order chi connectivity index (χ0) is 12.8. The summed E-state index contributed by atoms with van der Waals surface area (Å²) in [7, 11) is 2.25. The van der Waals surface area contributed by atoms with E-state index in [9.17, 15) is 0 Å². The van der Waals surface area contributed by atoms with Crippen molar-refractivity contribution in [1.29, 1.82) is 0 Å². The van der Waals surface area contributed by atoms with Crippen molar-refractivity contribution in [2.45, 2.75) is 65.5 Å². The first-order valence-corrected chi connectivity index (χ1v) is 7.30. The van der Waals surface area contributed by atoms with E-state index in [0.717, 1.165) is 24.5 Å². The van der Waals surface area contributed by atoms with Gasteiger partial charge in [-0.25, -0.2) is 0 Å². The van der Waals surface area contributed by atoms with E-state index in [1.165, 1.54) is 32.2 Å². The van der Waals surface area contributed by atoms with Gasteiger partial charge in [-0.3, -0.25) is 0 Å². The largest absolute Gasteiger partial charge is 0.378 e. The Morgan fingerprint density at radius 1 is 1.12 bits per heavy atom. The minimum absolute atomic E-state index is 0.543. The van der Waals surface area contributed by atoms with Crippen LogP contribution in [0, 0.1) is 11.8 Å². The molecule has 102 valence electrons. The molecule has 0 bridgehead atoms. The number of rotatable bonds is 8. The average Bonchev–Trinajstić information content (AvgIpc) is 2.12. The summed E-state index contributed by atoms with van der Waals surface area (Å²) in [6.45, 7) is 11.3. The van der Waals surface area contributed by atoms with Gasteiger partial charge in [0, 0.05) is 19.2 Å². The van der Waals surface area contributed by atoms with Crippen LogP contribution in [0.25, 0.3) is 0 Å². The molecule has 0 radical (unpaired) electrons. The van der Waals surface area contributed by atoms with Crippen molar-refractivity contribution in [2.75, 3.05) is 20.2 Å². The van der Waals surface area contributed by atoms with Crippen molar-refractivity contribution in [3.63, 3.8) is 0 Å². The molecule has 0 aromatic rings. The lowest BCUT2D eigenvalue weighted by Gasteiger charge is -2.41.